The molecule has 8 heteroatoms. The molecule has 150 valence electrons. The quantitative estimate of drug-likeness (QED) is 0.441. The summed E-state index contributed by atoms with van der Waals surface area (Å²) >= 11 is 0. The number of rotatable bonds is 6. The number of nitrogens with zero attached hydrogens (tertiary/aromatic N) is 2. The molecule has 0 heterocycles. The molecule has 4 fully saturated rings. The maximum Gasteiger partial charge on any atom is 0.315 e. The van der Waals surface area contributed by atoms with E-state index in [1.54, 1.807) is 0 Å². The molecule has 0 atom stereocenters. The number of hydrogen-bond acceptors (Lipinski definition) is 6. The topological polar surface area (TPSA) is 114 Å². The molecule has 4 saturated carbocycles. The van der Waals surface area contributed by atoms with Crippen LogP contribution in [0.1, 0.15) is 50.5 Å². The van der Waals surface area contributed by atoms with E-state index in [0.29, 0.717) is 12.0 Å². The summed E-state index contributed by atoms with van der Waals surface area (Å²) in [5, 5.41) is 24.8. The Morgan fingerprint density at radius 3 is 2.46 bits per heavy atom. The lowest BCUT2D eigenvalue weighted by molar-refractivity contribution is -0.386. The monoisotopic (exact) mass is 387 g/mol. The fraction of sp³-hybridized carbons (Fsp3) is 0.600. The number of hydrazone groups is 1. The molecule has 4 bridgehead atoms. The van der Waals surface area contributed by atoms with Crippen LogP contribution in [-0.4, -0.2) is 29.3 Å². The number of nitro groups is 1. The molecule has 4 aliphatic carbocycles. The van der Waals surface area contributed by atoms with Crippen molar-refractivity contribution in [3.05, 3.63) is 27.8 Å². The van der Waals surface area contributed by atoms with E-state index < -0.39 is 16.4 Å². The van der Waals surface area contributed by atoms with Gasteiger partial charge in [-0.1, -0.05) is 0 Å². The summed E-state index contributed by atoms with van der Waals surface area (Å²) in [5.74, 6) is 1.69. The first-order chi connectivity index (χ1) is 13.4. The second kappa shape index (κ2) is 7.07. The number of aromatic hydroxyl groups is 1. The molecular formula is C20H25N3O5. The van der Waals surface area contributed by atoms with Crippen LogP contribution in [-0.2, 0) is 4.79 Å². The van der Waals surface area contributed by atoms with E-state index in [9.17, 15) is 20.0 Å². The van der Waals surface area contributed by atoms with Gasteiger partial charge < -0.3 is 9.84 Å². The molecule has 0 saturated heterocycles. The molecular weight excluding hydrogens is 362 g/mol. The molecule has 0 radical (unpaired) electrons. The van der Waals surface area contributed by atoms with Crippen LogP contribution < -0.4 is 10.2 Å². The summed E-state index contributed by atoms with van der Waals surface area (Å²) in [6, 6.07) is 2.61. The van der Waals surface area contributed by atoms with E-state index in [-0.39, 0.29) is 17.1 Å². The molecule has 5 rings (SSSR count). The van der Waals surface area contributed by atoms with E-state index in [4.69, 9.17) is 4.74 Å². The number of amides is 1. The molecule has 1 aromatic carbocycles. The van der Waals surface area contributed by atoms with Crippen LogP contribution in [0.4, 0.5) is 5.69 Å². The van der Waals surface area contributed by atoms with E-state index in [2.05, 4.69) is 10.5 Å². The highest BCUT2D eigenvalue weighted by Crippen LogP contribution is 2.61. The van der Waals surface area contributed by atoms with Crippen LogP contribution in [0.15, 0.2) is 17.2 Å². The van der Waals surface area contributed by atoms with Crippen molar-refractivity contribution in [2.45, 2.75) is 44.9 Å². The summed E-state index contributed by atoms with van der Waals surface area (Å²) in [5.41, 5.74) is 2.58. The first-order valence-electron chi connectivity index (χ1n) is 9.75. The van der Waals surface area contributed by atoms with Crippen molar-refractivity contribution in [3.63, 3.8) is 0 Å². The molecule has 8 nitrogen and oxygen atoms in total. The van der Waals surface area contributed by atoms with Gasteiger partial charge in [-0.2, -0.15) is 5.10 Å². The number of methoxy groups -OCH3 is 1. The third-order valence-electron chi connectivity index (χ3n) is 6.60. The maximum atomic E-state index is 12.5. The molecule has 28 heavy (non-hydrogen) atoms. The zero-order chi connectivity index (χ0) is 19.9. The molecule has 1 aromatic rings. The van der Waals surface area contributed by atoms with Gasteiger partial charge in [0.2, 0.25) is 11.7 Å². The number of phenols is 1. The number of ether oxygens (including phenoxy) is 1. The van der Waals surface area contributed by atoms with Crippen molar-refractivity contribution < 1.29 is 19.6 Å². The average Bonchev–Trinajstić information content (AvgIpc) is 2.61. The fourth-order valence-electron chi connectivity index (χ4n) is 6.05. The van der Waals surface area contributed by atoms with Gasteiger partial charge in [-0.05, 0) is 67.8 Å². The van der Waals surface area contributed by atoms with Crippen molar-refractivity contribution in [1.29, 1.82) is 0 Å². The van der Waals surface area contributed by atoms with Gasteiger partial charge in [0.1, 0.15) is 0 Å². The van der Waals surface area contributed by atoms with Crippen LogP contribution >= 0.6 is 0 Å². The zero-order valence-electron chi connectivity index (χ0n) is 15.9. The first-order valence-corrected chi connectivity index (χ1v) is 9.75. The highest BCUT2D eigenvalue weighted by molar-refractivity contribution is 5.85. The van der Waals surface area contributed by atoms with Gasteiger partial charge in [-0.25, -0.2) is 5.43 Å². The summed E-state index contributed by atoms with van der Waals surface area (Å²) in [7, 11) is 1.31. The molecule has 0 aliphatic heterocycles. The van der Waals surface area contributed by atoms with Crippen LogP contribution in [0.25, 0.3) is 0 Å². The van der Waals surface area contributed by atoms with Crippen molar-refractivity contribution in [2.75, 3.05) is 7.11 Å². The van der Waals surface area contributed by atoms with E-state index >= 15 is 0 Å². The number of hydrogen-bond donors (Lipinski definition) is 2. The molecule has 1 amide bonds. The van der Waals surface area contributed by atoms with Gasteiger partial charge in [0, 0.05) is 18.1 Å². The Balaban J connectivity index is 1.41. The summed E-state index contributed by atoms with van der Waals surface area (Å²) in [6.07, 6.45) is 9.27. The average molecular weight is 387 g/mol. The number of benzene rings is 1. The lowest BCUT2D eigenvalue weighted by atomic mass is 9.49. The van der Waals surface area contributed by atoms with Gasteiger partial charge in [0.25, 0.3) is 0 Å². The Morgan fingerprint density at radius 2 is 1.93 bits per heavy atom. The zero-order valence-corrected chi connectivity index (χ0v) is 15.9. The summed E-state index contributed by atoms with van der Waals surface area (Å²) < 4.78 is 4.96. The maximum absolute atomic E-state index is 12.5. The Labute approximate surface area is 163 Å². The largest absolute Gasteiger partial charge is 0.500 e. The number of nitrogens with one attached hydrogen (secondary N) is 1. The predicted molar refractivity (Wildman–Crippen MR) is 102 cm³/mol. The fourth-order valence-corrected chi connectivity index (χ4v) is 6.05. The van der Waals surface area contributed by atoms with Gasteiger partial charge in [0.05, 0.1) is 18.2 Å². The minimum absolute atomic E-state index is 0.0180. The van der Waals surface area contributed by atoms with Gasteiger partial charge in [0.15, 0.2) is 5.75 Å². The highest BCUT2D eigenvalue weighted by Gasteiger charge is 2.51. The lowest BCUT2D eigenvalue weighted by Gasteiger charge is -2.56. The molecule has 0 aromatic heterocycles. The number of nitro benzene ring substituents is 1. The minimum Gasteiger partial charge on any atom is -0.500 e. The van der Waals surface area contributed by atoms with Crippen LogP contribution in [0, 0.1) is 33.3 Å². The normalized spacial score (nSPS) is 30.5. The minimum atomic E-state index is -0.694. The Bertz CT molecular complexity index is 800. The number of carbonyl (C=O) groups excluding carboxylic acids is 1. The van der Waals surface area contributed by atoms with E-state index in [1.807, 2.05) is 0 Å². The molecule has 0 spiro atoms. The predicted octanol–water partition coefficient (Wildman–Crippen LogP) is 3.37. The number of phenolic OH excluding ortho intramolecular Hbond substituents is 1. The van der Waals surface area contributed by atoms with Crippen LogP contribution in [0.5, 0.6) is 11.5 Å². The summed E-state index contributed by atoms with van der Waals surface area (Å²) in [4.78, 5) is 22.8. The lowest BCUT2D eigenvalue weighted by Crippen LogP contribution is -2.47. The van der Waals surface area contributed by atoms with Gasteiger partial charge in [-0.3, -0.25) is 14.9 Å². The Kier molecular flexibility index (Phi) is 4.72. The standard InChI is InChI=1S/C20H25N3O5/c1-28-17-6-15(5-16(19(17)25)23(26)27)11-21-22-18(24)10-20-7-12-2-13(8-20)4-14(3-12)9-20/h5-6,11-14,25H,2-4,7-10H2,1H3,(H,22,24)/b21-11-. The molecule has 2 N–H and O–H groups in total. The van der Waals surface area contributed by atoms with Crippen molar-refractivity contribution in [2.24, 2.45) is 28.3 Å². The van der Waals surface area contributed by atoms with E-state index in [0.717, 1.165) is 37.0 Å². The van der Waals surface area contributed by atoms with Gasteiger partial charge >= 0.3 is 5.69 Å². The SMILES string of the molecule is COc1cc(/C=N\NC(=O)CC23CC4CC(CC(C4)C2)C3)cc([N+](=O)[O-])c1O. The van der Waals surface area contributed by atoms with E-state index in [1.165, 1.54) is 44.7 Å². The third kappa shape index (κ3) is 3.55. The second-order valence-electron chi connectivity index (χ2n) is 8.74. The third-order valence-corrected chi connectivity index (χ3v) is 6.60. The molecule has 0 unspecified atom stereocenters. The Hall–Kier alpha value is -2.64. The first kappa shape index (κ1) is 18.7. The smallest absolute Gasteiger partial charge is 0.315 e. The van der Waals surface area contributed by atoms with Crippen molar-refractivity contribution in [3.8, 4) is 11.5 Å². The van der Waals surface area contributed by atoms with Crippen LogP contribution in [0.3, 0.4) is 0 Å². The second-order valence-corrected chi connectivity index (χ2v) is 8.74. The van der Waals surface area contributed by atoms with Crippen molar-refractivity contribution >= 4 is 17.8 Å². The highest BCUT2D eigenvalue weighted by atomic mass is 16.6. The van der Waals surface area contributed by atoms with Gasteiger partial charge in [-0.15, -0.1) is 0 Å². The van der Waals surface area contributed by atoms with Crippen molar-refractivity contribution in [1.82, 2.24) is 5.43 Å². The molecule has 4 aliphatic rings. The van der Waals surface area contributed by atoms with Crippen LogP contribution in [0.2, 0.25) is 0 Å². The Morgan fingerprint density at radius 1 is 1.32 bits per heavy atom. The summed E-state index contributed by atoms with van der Waals surface area (Å²) in [6.45, 7) is 0. The number of carbonyl (C=O) groups is 1.